The van der Waals surface area contributed by atoms with Gasteiger partial charge in [-0.25, -0.2) is 4.79 Å². The number of hydrogen-bond donors (Lipinski definition) is 2. The van der Waals surface area contributed by atoms with Crippen molar-refractivity contribution in [2.45, 2.75) is 26.4 Å². The Balaban J connectivity index is 2.12. The van der Waals surface area contributed by atoms with Crippen LogP contribution in [0.15, 0.2) is 18.2 Å². The Bertz CT molecular complexity index is 585. The van der Waals surface area contributed by atoms with Crippen molar-refractivity contribution in [2.75, 3.05) is 43.1 Å². The van der Waals surface area contributed by atoms with Gasteiger partial charge in [0.25, 0.3) is 0 Å². The molecule has 1 aromatic rings. The molecule has 0 aromatic heterocycles. The Labute approximate surface area is 145 Å². The lowest BCUT2D eigenvalue weighted by molar-refractivity contribution is -0.136. The molecule has 25 heavy (non-hydrogen) atoms. The number of ether oxygens (including phenoxy) is 1. The number of rotatable bonds is 5. The molecule has 0 aliphatic carbocycles. The van der Waals surface area contributed by atoms with E-state index in [1.54, 1.807) is 6.07 Å². The molecule has 2 N–H and O–H groups in total. The SMILES string of the molecule is CC(C)CCNC(=O)Nc1ccc(N2CCOCC2)cc1C(F)(F)F. The molecule has 5 nitrogen and oxygen atoms in total. The molecular formula is C17H24F3N3O2. The summed E-state index contributed by atoms with van der Waals surface area (Å²) >= 11 is 0. The average Bonchev–Trinajstić information content (AvgIpc) is 2.54. The standard InChI is InChI=1S/C17H24F3N3O2/c1-12(2)5-6-21-16(24)22-15-4-3-13(11-14(15)17(18,19)20)23-7-9-25-10-8-23/h3-4,11-12H,5-10H2,1-2H3,(H2,21,22,24). The molecule has 0 radical (unpaired) electrons. The third kappa shape index (κ3) is 5.81. The lowest BCUT2D eigenvalue weighted by Gasteiger charge is -2.29. The molecule has 1 aliphatic heterocycles. The van der Waals surface area contributed by atoms with Gasteiger partial charge in [0.05, 0.1) is 24.5 Å². The summed E-state index contributed by atoms with van der Waals surface area (Å²) in [7, 11) is 0. The Morgan fingerprint density at radius 3 is 2.56 bits per heavy atom. The molecule has 140 valence electrons. The zero-order valence-electron chi connectivity index (χ0n) is 14.4. The first-order chi connectivity index (χ1) is 11.8. The normalized spacial score (nSPS) is 15.4. The van der Waals surface area contributed by atoms with Gasteiger partial charge in [0.2, 0.25) is 0 Å². The van der Waals surface area contributed by atoms with E-state index in [0.29, 0.717) is 44.5 Å². The Hall–Kier alpha value is -1.96. The third-order valence-electron chi connectivity index (χ3n) is 3.94. The zero-order chi connectivity index (χ0) is 18.4. The van der Waals surface area contributed by atoms with Gasteiger partial charge in [-0.15, -0.1) is 0 Å². The molecule has 2 amide bonds. The van der Waals surface area contributed by atoms with Gasteiger partial charge in [-0.1, -0.05) is 13.8 Å². The van der Waals surface area contributed by atoms with Crippen LogP contribution in [-0.2, 0) is 10.9 Å². The van der Waals surface area contributed by atoms with E-state index in [9.17, 15) is 18.0 Å². The van der Waals surface area contributed by atoms with Crippen LogP contribution >= 0.6 is 0 Å². The number of carbonyl (C=O) groups is 1. The summed E-state index contributed by atoms with van der Waals surface area (Å²) in [6.07, 6.45) is -3.79. The van der Waals surface area contributed by atoms with Crippen molar-refractivity contribution in [1.29, 1.82) is 0 Å². The number of hydrogen-bond acceptors (Lipinski definition) is 3. The fourth-order valence-electron chi connectivity index (χ4n) is 2.53. The summed E-state index contributed by atoms with van der Waals surface area (Å²) in [5, 5.41) is 4.88. The number of amides is 2. The van der Waals surface area contributed by atoms with Crippen LogP contribution in [0.4, 0.5) is 29.3 Å². The lowest BCUT2D eigenvalue weighted by Crippen LogP contribution is -2.36. The van der Waals surface area contributed by atoms with E-state index >= 15 is 0 Å². The van der Waals surface area contributed by atoms with Crippen molar-refractivity contribution >= 4 is 17.4 Å². The largest absolute Gasteiger partial charge is 0.418 e. The van der Waals surface area contributed by atoms with Crippen LogP contribution in [0.3, 0.4) is 0 Å². The number of anilines is 2. The average molecular weight is 359 g/mol. The van der Waals surface area contributed by atoms with Gasteiger partial charge in [-0.3, -0.25) is 0 Å². The van der Waals surface area contributed by atoms with E-state index in [4.69, 9.17) is 4.74 Å². The molecule has 1 saturated heterocycles. The quantitative estimate of drug-likeness (QED) is 0.843. The second-order valence-corrected chi connectivity index (χ2v) is 6.39. The van der Waals surface area contributed by atoms with Crippen molar-refractivity contribution in [3.63, 3.8) is 0 Å². The van der Waals surface area contributed by atoms with Crippen molar-refractivity contribution in [2.24, 2.45) is 5.92 Å². The van der Waals surface area contributed by atoms with Gasteiger partial charge in [-0.05, 0) is 30.5 Å². The highest BCUT2D eigenvalue weighted by Gasteiger charge is 2.34. The minimum Gasteiger partial charge on any atom is -0.378 e. The lowest BCUT2D eigenvalue weighted by atomic mass is 10.1. The second-order valence-electron chi connectivity index (χ2n) is 6.39. The predicted octanol–water partition coefficient (Wildman–Crippen LogP) is 3.71. The first kappa shape index (κ1) is 19.4. The molecule has 0 saturated carbocycles. The number of nitrogens with one attached hydrogen (secondary N) is 2. The fraction of sp³-hybridized carbons (Fsp3) is 0.588. The van der Waals surface area contributed by atoms with Gasteiger partial charge < -0.3 is 20.3 Å². The maximum atomic E-state index is 13.4. The molecule has 0 unspecified atom stereocenters. The van der Waals surface area contributed by atoms with Crippen LogP contribution in [0.2, 0.25) is 0 Å². The van der Waals surface area contributed by atoms with E-state index in [1.165, 1.54) is 6.07 Å². The van der Waals surface area contributed by atoms with Gasteiger partial charge in [0.1, 0.15) is 0 Å². The molecule has 1 aromatic carbocycles. The molecular weight excluding hydrogens is 335 g/mol. The van der Waals surface area contributed by atoms with Crippen molar-refractivity contribution in [1.82, 2.24) is 5.32 Å². The molecule has 0 spiro atoms. The maximum Gasteiger partial charge on any atom is 0.418 e. The maximum absolute atomic E-state index is 13.4. The monoisotopic (exact) mass is 359 g/mol. The van der Waals surface area contributed by atoms with Crippen LogP contribution < -0.4 is 15.5 Å². The Morgan fingerprint density at radius 2 is 1.96 bits per heavy atom. The number of alkyl halides is 3. The van der Waals surface area contributed by atoms with Crippen LogP contribution in [0.1, 0.15) is 25.8 Å². The van der Waals surface area contributed by atoms with Crippen LogP contribution in [0.5, 0.6) is 0 Å². The number of carbonyl (C=O) groups excluding carboxylic acids is 1. The minimum atomic E-state index is -4.55. The van der Waals surface area contributed by atoms with Gasteiger partial charge in [0, 0.05) is 25.3 Å². The van der Waals surface area contributed by atoms with Gasteiger partial charge >= 0.3 is 12.2 Å². The van der Waals surface area contributed by atoms with Crippen LogP contribution in [0.25, 0.3) is 0 Å². The highest BCUT2D eigenvalue weighted by molar-refractivity contribution is 5.90. The van der Waals surface area contributed by atoms with Crippen molar-refractivity contribution < 1.29 is 22.7 Å². The highest BCUT2D eigenvalue weighted by atomic mass is 19.4. The van der Waals surface area contributed by atoms with Crippen molar-refractivity contribution in [3.8, 4) is 0 Å². The van der Waals surface area contributed by atoms with Gasteiger partial charge in [-0.2, -0.15) is 13.2 Å². The topological polar surface area (TPSA) is 53.6 Å². The summed E-state index contributed by atoms with van der Waals surface area (Å²) in [6, 6.07) is 3.33. The zero-order valence-corrected chi connectivity index (χ0v) is 14.4. The number of nitrogens with zero attached hydrogens (tertiary/aromatic N) is 1. The second kappa shape index (κ2) is 8.42. The molecule has 1 heterocycles. The third-order valence-corrected chi connectivity index (χ3v) is 3.94. The van der Waals surface area contributed by atoms with Crippen LogP contribution in [0, 0.1) is 5.92 Å². The number of halogens is 3. The molecule has 1 aliphatic rings. The summed E-state index contributed by atoms with van der Waals surface area (Å²) in [5.74, 6) is 0.402. The van der Waals surface area contributed by atoms with E-state index < -0.39 is 17.8 Å². The van der Waals surface area contributed by atoms with Gasteiger partial charge in [0.15, 0.2) is 0 Å². The highest BCUT2D eigenvalue weighted by Crippen LogP contribution is 2.37. The summed E-state index contributed by atoms with van der Waals surface area (Å²) in [6.45, 7) is 6.48. The first-order valence-corrected chi connectivity index (χ1v) is 8.36. The molecule has 0 bridgehead atoms. The predicted molar refractivity (Wildman–Crippen MR) is 91.0 cm³/mol. The smallest absolute Gasteiger partial charge is 0.378 e. The fourth-order valence-corrected chi connectivity index (χ4v) is 2.53. The first-order valence-electron chi connectivity index (χ1n) is 8.36. The summed E-state index contributed by atoms with van der Waals surface area (Å²) < 4.78 is 45.4. The van der Waals surface area contributed by atoms with E-state index in [0.717, 1.165) is 12.5 Å². The van der Waals surface area contributed by atoms with Crippen molar-refractivity contribution in [3.05, 3.63) is 23.8 Å². The van der Waals surface area contributed by atoms with E-state index in [2.05, 4.69) is 10.6 Å². The Kier molecular flexibility index (Phi) is 6.52. The van der Waals surface area contributed by atoms with Crippen LogP contribution in [-0.4, -0.2) is 38.9 Å². The van der Waals surface area contributed by atoms with E-state index in [-0.39, 0.29) is 5.69 Å². The van der Waals surface area contributed by atoms with E-state index in [1.807, 2.05) is 18.7 Å². The number of benzene rings is 1. The molecule has 2 rings (SSSR count). The molecule has 1 fully saturated rings. The summed E-state index contributed by atoms with van der Waals surface area (Å²) in [4.78, 5) is 13.7. The molecule has 8 heteroatoms. The Morgan fingerprint density at radius 1 is 1.28 bits per heavy atom. The number of morpholine rings is 1. The number of urea groups is 1. The summed E-state index contributed by atoms with van der Waals surface area (Å²) in [5.41, 5.74) is -0.622. The molecule has 0 atom stereocenters. The minimum absolute atomic E-state index is 0.244.